The Kier molecular flexibility index (Phi) is 5.71. The van der Waals surface area contributed by atoms with Gasteiger partial charge in [-0.05, 0) is 48.6 Å². The van der Waals surface area contributed by atoms with Gasteiger partial charge < -0.3 is 4.74 Å². The Bertz CT molecular complexity index is 812. The minimum Gasteiger partial charge on any atom is -0.381 e. The molecule has 0 N–H and O–H groups in total. The SMILES string of the molecule is O=S(=O)(c1ccc(C(F)(F)F)cc1)N(Cc1cccs1)C1CCOCC1. The molecule has 0 atom stereocenters. The van der Waals surface area contributed by atoms with E-state index in [-0.39, 0.29) is 17.5 Å². The van der Waals surface area contributed by atoms with Crippen molar-refractivity contribution in [2.24, 2.45) is 0 Å². The van der Waals surface area contributed by atoms with Crippen molar-refractivity contribution in [1.82, 2.24) is 4.31 Å². The Morgan fingerprint density at radius 2 is 1.77 bits per heavy atom. The Hall–Kier alpha value is -1.42. The van der Waals surface area contributed by atoms with Gasteiger partial charge in [-0.25, -0.2) is 8.42 Å². The third kappa shape index (κ3) is 4.28. The summed E-state index contributed by atoms with van der Waals surface area (Å²) in [5, 5.41) is 1.86. The smallest absolute Gasteiger partial charge is 0.381 e. The van der Waals surface area contributed by atoms with Crippen LogP contribution in [-0.2, 0) is 27.5 Å². The molecule has 0 bridgehead atoms. The zero-order valence-corrected chi connectivity index (χ0v) is 15.4. The molecule has 1 aromatic carbocycles. The summed E-state index contributed by atoms with van der Waals surface area (Å²) in [6.07, 6.45) is -3.38. The van der Waals surface area contributed by atoms with Gasteiger partial charge in [0.05, 0.1) is 10.5 Å². The van der Waals surface area contributed by atoms with Crippen LogP contribution in [0.15, 0.2) is 46.7 Å². The van der Waals surface area contributed by atoms with Crippen molar-refractivity contribution in [3.8, 4) is 0 Å². The zero-order valence-electron chi connectivity index (χ0n) is 13.8. The van der Waals surface area contributed by atoms with Crippen LogP contribution in [0.2, 0.25) is 0 Å². The van der Waals surface area contributed by atoms with E-state index in [0.717, 1.165) is 29.1 Å². The second kappa shape index (κ2) is 7.67. The second-order valence-corrected chi connectivity index (χ2v) is 8.92. The van der Waals surface area contributed by atoms with Crippen LogP contribution >= 0.6 is 11.3 Å². The Morgan fingerprint density at radius 1 is 1.12 bits per heavy atom. The largest absolute Gasteiger partial charge is 0.416 e. The highest BCUT2D eigenvalue weighted by Gasteiger charge is 2.34. The molecule has 142 valence electrons. The summed E-state index contributed by atoms with van der Waals surface area (Å²) in [5.41, 5.74) is -0.868. The zero-order chi connectivity index (χ0) is 18.8. The highest BCUT2D eigenvalue weighted by Crippen LogP contribution is 2.32. The maximum absolute atomic E-state index is 13.1. The fourth-order valence-electron chi connectivity index (χ4n) is 2.89. The van der Waals surface area contributed by atoms with Gasteiger partial charge in [0.25, 0.3) is 0 Å². The standard InChI is InChI=1S/C17H18F3NO3S2/c18-17(19,20)13-3-5-16(6-4-13)26(22,23)21(12-15-2-1-11-25-15)14-7-9-24-10-8-14/h1-6,11,14H,7-10,12H2. The number of rotatable bonds is 5. The lowest BCUT2D eigenvalue weighted by Crippen LogP contribution is -2.42. The van der Waals surface area contributed by atoms with Crippen LogP contribution < -0.4 is 0 Å². The summed E-state index contributed by atoms with van der Waals surface area (Å²) >= 11 is 1.45. The van der Waals surface area contributed by atoms with Gasteiger partial charge in [0.2, 0.25) is 10.0 Å². The van der Waals surface area contributed by atoms with E-state index in [1.807, 2.05) is 17.5 Å². The number of hydrogen-bond donors (Lipinski definition) is 0. The van der Waals surface area contributed by atoms with Crippen LogP contribution in [0, 0.1) is 0 Å². The van der Waals surface area contributed by atoms with Crippen LogP contribution in [0.1, 0.15) is 23.3 Å². The summed E-state index contributed by atoms with van der Waals surface area (Å²) in [7, 11) is -3.92. The molecular formula is C17H18F3NO3S2. The number of ether oxygens (including phenoxy) is 1. The van der Waals surface area contributed by atoms with Crippen LogP contribution in [0.3, 0.4) is 0 Å². The first kappa shape index (κ1) is 19.3. The van der Waals surface area contributed by atoms with Crippen molar-refractivity contribution in [1.29, 1.82) is 0 Å². The predicted molar refractivity (Wildman–Crippen MR) is 92.3 cm³/mol. The van der Waals surface area contributed by atoms with Crippen molar-refractivity contribution in [2.45, 2.75) is 36.5 Å². The van der Waals surface area contributed by atoms with Gasteiger partial charge in [-0.1, -0.05) is 6.07 Å². The van der Waals surface area contributed by atoms with Crippen LogP contribution in [-0.4, -0.2) is 32.0 Å². The van der Waals surface area contributed by atoms with Crippen molar-refractivity contribution in [3.05, 3.63) is 52.2 Å². The van der Waals surface area contributed by atoms with E-state index in [1.165, 1.54) is 15.6 Å². The molecule has 0 radical (unpaired) electrons. The molecule has 4 nitrogen and oxygen atoms in total. The average molecular weight is 405 g/mol. The molecule has 1 aliphatic rings. The quantitative estimate of drug-likeness (QED) is 0.751. The summed E-state index contributed by atoms with van der Waals surface area (Å²) < 4.78 is 71.2. The molecule has 1 fully saturated rings. The molecule has 1 saturated heterocycles. The van der Waals surface area contributed by atoms with E-state index in [9.17, 15) is 21.6 Å². The molecule has 1 aromatic heterocycles. The lowest BCUT2D eigenvalue weighted by molar-refractivity contribution is -0.137. The molecule has 0 saturated carbocycles. The van der Waals surface area contributed by atoms with Gasteiger partial charge in [0, 0.05) is 30.7 Å². The predicted octanol–water partition coefficient (Wildman–Crippen LogP) is 4.14. The molecule has 26 heavy (non-hydrogen) atoms. The normalized spacial score (nSPS) is 16.9. The summed E-state index contributed by atoms with van der Waals surface area (Å²) in [4.78, 5) is 0.750. The monoisotopic (exact) mass is 405 g/mol. The first-order valence-electron chi connectivity index (χ1n) is 8.08. The maximum atomic E-state index is 13.1. The van der Waals surface area contributed by atoms with Gasteiger partial charge in [-0.3, -0.25) is 0 Å². The Morgan fingerprint density at radius 3 is 2.31 bits per heavy atom. The molecule has 2 heterocycles. The Balaban J connectivity index is 1.92. The van der Waals surface area contributed by atoms with Crippen molar-refractivity contribution in [2.75, 3.05) is 13.2 Å². The first-order valence-corrected chi connectivity index (χ1v) is 10.4. The van der Waals surface area contributed by atoms with E-state index in [2.05, 4.69) is 0 Å². The fourth-order valence-corrected chi connectivity index (χ4v) is 5.34. The second-order valence-electron chi connectivity index (χ2n) is 6.00. The van der Waals surface area contributed by atoms with Gasteiger partial charge >= 0.3 is 6.18 Å². The van der Waals surface area contributed by atoms with Crippen LogP contribution in [0.4, 0.5) is 13.2 Å². The van der Waals surface area contributed by atoms with Gasteiger partial charge in [0.1, 0.15) is 0 Å². The van der Waals surface area contributed by atoms with Crippen LogP contribution in [0.5, 0.6) is 0 Å². The van der Waals surface area contributed by atoms with Crippen LogP contribution in [0.25, 0.3) is 0 Å². The molecular weight excluding hydrogens is 387 g/mol. The van der Waals surface area contributed by atoms with Crippen molar-refractivity contribution < 1.29 is 26.3 Å². The van der Waals surface area contributed by atoms with E-state index in [1.54, 1.807) is 0 Å². The summed E-state index contributed by atoms with van der Waals surface area (Å²) in [5.74, 6) is 0. The highest BCUT2D eigenvalue weighted by molar-refractivity contribution is 7.89. The molecule has 0 aliphatic carbocycles. The minimum atomic E-state index is -4.50. The van der Waals surface area contributed by atoms with Gasteiger partial charge in [0.15, 0.2) is 0 Å². The van der Waals surface area contributed by atoms with Gasteiger partial charge in [-0.15, -0.1) is 11.3 Å². The third-order valence-corrected chi connectivity index (χ3v) is 7.05. The summed E-state index contributed by atoms with van der Waals surface area (Å²) in [6, 6.07) is 7.11. The topological polar surface area (TPSA) is 46.6 Å². The highest BCUT2D eigenvalue weighted by atomic mass is 32.2. The number of thiophene rings is 1. The van der Waals surface area contributed by atoms with Gasteiger partial charge in [-0.2, -0.15) is 17.5 Å². The average Bonchev–Trinajstić information content (AvgIpc) is 3.13. The number of nitrogens with zero attached hydrogens (tertiary/aromatic N) is 1. The molecule has 0 spiro atoms. The van der Waals surface area contributed by atoms with E-state index in [4.69, 9.17) is 4.74 Å². The number of halogens is 3. The van der Waals surface area contributed by atoms with E-state index >= 15 is 0 Å². The first-order chi connectivity index (χ1) is 12.3. The number of hydrogen-bond acceptors (Lipinski definition) is 4. The number of sulfonamides is 1. The maximum Gasteiger partial charge on any atom is 0.416 e. The lowest BCUT2D eigenvalue weighted by Gasteiger charge is -2.33. The molecule has 1 aliphatic heterocycles. The van der Waals surface area contributed by atoms with E-state index < -0.39 is 21.8 Å². The molecule has 0 unspecified atom stereocenters. The number of benzene rings is 1. The lowest BCUT2D eigenvalue weighted by atomic mass is 10.1. The summed E-state index contributed by atoms with van der Waals surface area (Å²) in [6.45, 7) is 1.13. The Labute approximate surface area is 154 Å². The third-order valence-electron chi connectivity index (χ3n) is 4.28. The fraction of sp³-hybridized carbons (Fsp3) is 0.412. The van der Waals surface area contributed by atoms with E-state index in [0.29, 0.717) is 26.1 Å². The molecule has 0 amide bonds. The molecule has 9 heteroatoms. The van der Waals surface area contributed by atoms with Crippen molar-refractivity contribution >= 4 is 21.4 Å². The molecule has 2 aromatic rings. The number of alkyl halides is 3. The minimum absolute atomic E-state index is 0.131. The van der Waals surface area contributed by atoms with Crippen molar-refractivity contribution in [3.63, 3.8) is 0 Å². The molecule has 3 rings (SSSR count).